The number of amides is 2. The molecule has 0 fully saturated rings. The number of carbonyl (C=O) groups excluding carboxylic acids is 2. The third-order valence-corrected chi connectivity index (χ3v) is 7.68. The molecule has 0 aromatic heterocycles. The molecule has 0 aliphatic carbocycles. The Labute approximate surface area is 244 Å². The zero-order chi connectivity index (χ0) is 29.9. The quantitative estimate of drug-likeness (QED) is 0.270. The van der Waals surface area contributed by atoms with Gasteiger partial charge in [-0.25, -0.2) is 4.99 Å². The molecule has 1 aliphatic rings. The molecule has 0 unspecified atom stereocenters. The average molecular weight is 603 g/mol. The molecule has 0 radical (unpaired) electrons. The van der Waals surface area contributed by atoms with E-state index in [-0.39, 0.29) is 27.0 Å². The van der Waals surface area contributed by atoms with Crippen LogP contribution in [0.15, 0.2) is 76.9 Å². The third kappa shape index (κ3) is 6.68. The van der Waals surface area contributed by atoms with E-state index in [1.165, 1.54) is 0 Å². The van der Waals surface area contributed by atoms with Crippen molar-refractivity contribution in [2.75, 3.05) is 17.2 Å². The highest BCUT2D eigenvalue weighted by molar-refractivity contribution is 8.16. The molecule has 0 spiro atoms. The van der Waals surface area contributed by atoms with Crippen molar-refractivity contribution in [2.45, 2.75) is 32.2 Å². The Balaban J connectivity index is 1.76. The number of hydrogen-bond acceptors (Lipinski definition) is 6. The number of nitrogens with one attached hydrogen (secondary N) is 2. The van der Waals surface area contributed by atoms with Crippen molar-refractivity contribution in [3.05, 3.63) is 93.6 Å². The molecule has 41 heavy (non-hydrogen) atoms. The minimum Gasteiger partial charge on any atom is -0.492 e. The molecule has 12 heteroatoms. The van der Waals surface area contributed by atoms with Crippen molar-refractivity contribution in [2.24, 2.45) is 10.7 Å². The van der Waals surface area contributed by atoms with E-state index in [0.29, 0.717) is 23.7 Å². The standard InChI is InChI=1S/C29H26ClF3N4O3S/c1-4-40-21-11-6-5-10-19(21)35-27(39)25-23(34)22(26(38)37-24-15(2)8-7-9-16(24)3)28(41-25)36-20-14-17(29(31,32)33)12-13-18(20)30/h5-14,25H,4,34H2,1-3H3,(H,35,39)(H,37,38)/t25-/m1/s1. The number of aryl methyl sites for hydroxylation is 2. The number of nitrogens with zero attached hydrogens (tertiary/aromatic N) is 1. The first kappa shape index (κ1) is 30.0. The van der Waals surface area contributed by atoms with E-state index in [2.05, 4.69) is 15.6 Å². The lowest BCUT2D eigenvalue weighted by Crippen LogP contribution is -2.29. The fourth-order valence-electron chi connectivity index (χ4n) is 4.12. The van der Waals surface area contributed by atoms with E-state index in [1.54, 1.807) is 31.2 Å². The SMILES string of the molecule is CCOc1ccccc1NC(=O)[C@@H]1SC(=Nc2cc(C(F)(F)F)ccc2Cl)C(C(=O)Nc2c(C)cccc2C)=C1N. The largest absolute Gasteiger partial charge is 0.492 e. The van der Waals surface area contributed by atoms with Gasteiger partial charge in [-0.05, 0) is 62.2 Å². The summed E-state index contributed by atoms with van der Waals surface area (Å²) in [7, 11) is 0. The van der Waals surface area contributed by atoms with Gasteiger partial charge in [0.15, 0.2) is 0 Å². The summed E-state index contributed by atoms with van der Waals surface area (Å²) in [6, 6.07) is 14.9. The second-order valence-electron chi connectivity index (χ2n) is 9.05. The molecule has 1 heterocycles. The van der Waals surface area contributed by atoms with Crippen LogP contribution >= 0.6 is 23.4 Å². The maximum Gasteiger partial charge on any atom is 0.416 e. The van der Waals surface area contributed by atoms with Crippen LogP contribution in [-0.4, -0.2) is 28.7 Å². The van der Waals surface area contributed by atoms with Gasteiger partial charge >= 0.3 is 6.18 Å². The molecule has 4 rings (SSSR count). The van der Waals surface area contributed by atoms with Gasteiger partial charge in [0.25, 0.3) is 5.91 Å². The van der Waals surface area contributed by atoms with Gasteiger partial charge in [-0.1, -0.05) is 53.7 Å². The molecule has 0 saturated heterocycles. The van der Waals surface area contributed by atoms with E-state index in [1.807, 2.05) is 32.0 Å². The summed E-state index contributed by atoms with van der Waals surface area (Å²) in [4.78, 5) is 31.3. The lowest BCUT2D eigenvalue weighted by molar-refractivity contribution is -0.137. The highest BCUT2D eigenvalue weighted by atomic mass is 35.5. The Hall–Kier alpha value is -3.96. The molecule has 0 saturated carbocycles. The van der Waals surface area contributed by atoms with Crippen LogP contribution in [-0.2, 0) is 15.8 Å². The summed E-state index contributed by atoms with van der Waals surface area (Å²) in [6.45, 7) is 5.79. The molecule has 3 aromatic rings. The number of thioether (sulfide) groups is 1. The lowest BCUT2D eigenvalue weighted by Gasteiger charge is -2.14. The molecule has 1 aliphatic heterocycles. The predicted octanol–water partition coefficient (Wildman–Crippen LogP) is 7.01. The number of carbonyl (C=O) groups is 2. The molecule has 7 nitrogen and oxygen atoms in total. The van der Waals surface area contributed by atoms with Crippen LogP contribution in [0.5, 0.6) is 5.75 Å². The number of para-hydroxylation sites is 3. The van der Waals surface area contributed by atoms with Gasteiger partial charge in [-0.15, -0.1) is 0 Å². The first-order chi connectivity index (χ1) is 19.4. The molecular formula is C29H26ClF3N4O3S. The Bertz CT molecular complexity index is 1550. The normalized spacial score (nSPS) is 16.2. The van der Waals surface area contributed by atoms with Gasteiger partial charge in [0.1, 0.15) is 16.0 Å². The summed E-state index contributed by atoms with van der Waals surface area (Å²) in [5.74, 6) is -0.803. The van der Waals surface area contributed by atoms with Crippen molar-refractivity contribution in [1.82, 2.24) is 0 Å². The maximum atomic E-state index is 13.6. The number of nitrogens with two attached hydrogens (primary N) is 1. The van der Waals surface area contributed by atoms with Crippen molar-refractivity contribution < 1.29 is 27.5 Å². The van der Waals surface area contributed by atoms with Crippen LogP contribution in [0, 0.1) is 13.8 Å². The highest BCUT2D eigenvalue weighted by Crippen LogP contribution is 2.40. The van der Waals surface area contributed by atoms with Crippen molar-refractivity contribution >= 4 is 57.3 Å². The van der Waals surface area contributed by atoms with Crippen LogP contribution in [0.4, 0.5) is 30.2 Å². The number of ether oxygens (including phenoxy) is 1. The Morgan fingerprint density at radius 1 is 1.05 bits per heavy atom. The van der Waals surface area contributed by atoms with Gasteiger partial charge in [-0.2, -0.15) is 13.2 Å². The number of halogens is 4. The topological polar surface area (TPSA) is 106 Å². The van der Waals surface area contributed by atoms with Gasteiger partial charge in [-0.3, -0.25) is 9.59 Å². The molecule has 1 atom stereocenters. The van der Waals surface area contributed by atoms with E-state index in [9.17, 15) is 22.8 Å². The van der Waals surface area contributed by atoms with E-state index >= 15 is 0 Å². The number of hydrogen-bond donors (Lipinski definition) is 3. The second kappa shape index (κ2) is 12.3. The lowest BCUT2D eigenvalue weighted by atomic mass is 10.1. The first-order valence-electron chi connectivity index (χ1n) is 12.4. The minimum absolute atomic E-state index is 0.0503. The Morgan fingerprint density at radius 3 is 2.39 bits per heavy atom. The van der Waals surface area contributed by atoms with E-state index in [4.69, 9.17) is 22.1 Å². The molecule has 0 bridgehead atoms. The Kier molecular flexibility index (Phi) is 8.98. The number of rotatable bonds is 7. The smallest absolute Gasteiger partial charge is 0.416 e. The maximum absolute atomic E-state index is 13.6. The van der Waals surface area contributed by atoms with Crippen molar-refractivity contribution in [3.63, 3.8) is 0 Å². The number of anilines is 2. The fourth-order valence-corrected chi connectivity index (χ4v) is 5.39. The minimum atomic E-state index is -4.64. The zero-order valence-electron chi connectivity index (χ0n) is 22.2. The molecule has 3 aromatic carbocycles. The average Bonchev–Trinajstić information content (AvgIpc) is 3.24. The van der Waals surface area contributed by atoms with Crippen LogP contribution in [0.1, 0.15) is 23.6 Å². The summed E-state index contributed by atoms with van der Waals surface area (Å²) < 4.78 is 45.8. The van der Waals surface area contributed by atoms with E-state index in [0.717, 1.165) is 41.1 Å². The fraction of sp³-hybridized carbons (Fsp3) is 0.207. The van der Waals surface area contributed by atoms with Gasteiger partial charge < -0.3 is 21.1 Å². The number of alkyl halides is 3. The van der Waals surface area contributed by atoms with Crippen molar-refractivity contribution in [3.8, 4) is 5.75 Å². The summed E-state index contributed by atoms with van der Waals surface area (Å²) in [6.07, 6.45) is -4.64. The van der Waals surface area contributed by atoms with Gasteiger partial charge in [0.2, 0.25) is 5.91 Å². The molecule has 4 N–H and O–H groups in total. The van der Waals surface area contributed by atoms with Crippen LogP contribution in [0.2, 0.25) is 5.02 Å². The summed E-state index contributed by atoms with van der Waals surface area (Å²) in [5.41, 5.74) is 7.46. The first-order valence-corrected chi connectivity index (χ1v) is 13.7. The highest BCUT2D eigenvalue weighted by Gasteiger charge is 2.39. The molecule has 2 amide bonds. The summed E-state index contributed by atoms with van der Waals surface area (Å²) >= 11 is 7.02. The monoisotopic (exact) mass is 602 g/mol. The van der Waals surface area contributed by atoms with Crippen molar-refractivity contribution in [1.29, 1.82) is 0 Å². The zero-order valence-corrected chi connectivity index (χ0v) is 23.8. The van der Waals surface area contributed by atoms with E-state index < -0.39 is 28.8 Å². The number of aliphatic imine (C=N–C) groups is 1. The van der Waals surface area contributed by atoms with Crippen LogP contribution in [0.3, 0.4) is 0 Å². The predicted molar refractivity (Wildman–Crippen MR) is 157 cm³/mol. The second-order valence-corrected chi connectivity index (χ2v) is 10.5. The number of benzene rings is 3. The third-order valence-electron chi connectivity index (χ3n) is 6.14. The summed E-state index contributed by atoms with van der Waals surface area (Å²) in [5, 5.41) is 4.34. The molecule has 214 valence electrons. The van der Waals surface area contributed by atoms with Crippen LogP contribution < -0.4 is 21.1 Å². The Morgan fingerprint density at radius 2 is 1.73 bits per heavy atom. The van der Waals surface area contributed by atoms with Crippen LogP contribution in [0.25, 0.3) is 0 Å². The molecular weight excluding hydrogens is 577 g/mol. The van der Waals surface area contributed by atoms with Gasteiger partial charge in [0.05, 0.1) is 34.1 Å². The van der Waals surface area contributed by atoms with Gasteiger partial charge in [0, 0.05) is 11.4 Å².